The fourth-order valence-corrected chi connectivity index (χ4v) is 2.80. The van der Waals surface area contributed by atoms with Crippen LogP contribution in [0.15, 0.2) is 30.3 Å². The van der Waals surface area contributed by atoms with Crippen LogP contribution in [-0.2, 0) is 17.8 Å². The van der Waals surface area contributed by atoms with Crippen molar-refractivity contribution in [2.24, 2.45) is 0 Å². The third-order valence-corrected chi connectivity index (χ3v) is 4.17. The molecule has 0 radical (unpaired) electrons. The second-order valence-electron chi connectivity index (χ2n) is 4.65. The van der Waals surface area contributed by atoms with Gasteiger partial charge in [-0.25, -0.2) is 0 Å². The van der Waals surface area contributed by atoms with Gasteiger partial charge in [0.15, 0.2) is 0 Å². The minimum Gasteiger partial charge on any atom is -0.399 e. The molecule has 0 aliphatic carbocycles. The molecule has 0 fully saturated rings. The summed E-state index contributed by atoms with van der Waals surface area (Å²) in [5.74, 6) is 0.0356. The Morgan fingerprint density at radius 1 is 1.26 bits per heavy atom. The maximum atomic E-state index is 11.8. The van der Waals surface area contributed by atoms with Crippen molar-refractivity contribution in [3.8, 4) is 0 Å². The first kappa shape index (κ1) is 13.6. The van der Waals surface area contributed by atoms with Gasteiger partial charge in [-0.1, -0.05) is 12.1 Å². The lowest BCUT2D eigenvalue weighted by Gasteiger charge is -2.04. The molecule has 0 atom stereocenters. The van der Waals surface area contributed by atoms with Crippen molar-refractivity contribution in [2.45, 2.75) is 26.8 Å². The van der Waals surface area contributed by atoms with E-state index >= 15 is 0 Å². The number of hydrogen-bond acceptors (Lipinski definition) is 3. The number of carbonyl (C=O) groups is 1. The summed E-state index contributed by atoms with van der Waals surface area (Å²) in [7, 11) is 0. The van der Waals surface area contributed by atoms with Crippen molar-refractivity contribution in [1.29, 1.82) is 0 Å². The fraction of sp³-hybridized carbons (Fsp3) is 0.267. The van der Waals surface area contributed by atoms with E-state index in [4.69, 9.17) is 5.73 Å². The quantitative estimate of drug-likeness (QED) is 0.842. The van der Waals surface area contributed by atoms with E-state index in [1.165, 1.54) is 15.3 Å². The fourth-order valence-electron chi connectivity index (χ4n) is 1.81. The van der Waals surface area contributed by atoms with E-state index < -0.39 is 0 Å². The lowest BCUT2D eigenvalue weighted by atomic mass is 10.1. The van der Waals surface area contributed by atoms with Gasteiger partial charge in [-0.3, -0.25) is 4.79 Å². The molecular weight excluding hydrogens is 256 g/mol. The Morgan fingerprint density at radius 3 is 2.53 bits per heavy atom. The average molecular weight is 274 g/mol. The molecule has 100 valence electrons. The van der Waals surface area contributed by atoms with E-state index in [2.05, 4.69) is 25.2 Å². The number of anilines is 1. The van der Waals surface area contributed by atoms with Crippen molar-refractivity contribution in [3.05, 3.63) is 51.2 Å². The highest BCUT2D eigenvalue weighted by Gasteiger charge is 2.05. The van der Waals surface area contributed by atoms with Crippen molar-refractivity contribution in [2.75, 3.05) is 5.73 Å². The molecule has 19 heavy (non-hydrogen) atoms. The molecule has 0 aliphatic rings. The molecular formula is C15H18N2OS. The van der Waals surface area contributed by atoms with E-state index in [0.717, 1.165) is 5.56 Å². The molecule has 0 bridgehead atoms. The smallest absolute Gasteiger partial charge is 0.224 e. The van der Waals surface area contributed by atoms with Crippen LogP contribution in [0, 0.1) is 13.8 Å². The van der Waals surface area contributed by atoms with Crippen LogP contribution >= 0.6 is 11.3 Å². The lowest BCUT2D eigenvalue weighted by molar-refractivity contribution is -0.120. The number of nitrogens with one attached hydrogen (secondary N) is 1. The van der Waals surface area contributed by atoms with Crippen molar-refractivity contribution in [3.63, 3.8) is 0 Å². The van der Waals surface area contributed by atoms with E-state index in [9.17, 15) is 4.79 Å². The number of carbonyl (C=O) groups excluding carboxylic acids is 1. The number of aryl methyl sites for hydroxylation is 2. The van der Waals surface area contributed by atoms with Crippen LogP contribution in [0.3, 0.4) is 0 Å². The highest BCUT2D eigenvalue weighted by molar-refractivity contribution is 7.12. The number of thiophene rings is 1. The number of hydrogen-bond donors (Lipinski definition) is 2. The van der Waals surface area contributed by atoms with Crippen molar-refractivity contribution in [1.82, 2.24) is 5.32 Å². The monoisotopic (exact) mass is 274 g/mol. The summed E-state index contributed by atoms with van der Waals surface area (Å²) in [5, 5.41) is 2.94. The Kier molecular flexibility index (Phi) is 4.22. The SMILES string of the molecule is Cc1cc(CNC(=O)Cc2ccc(N)cc2)sc1C. The normalized spacial score (nSPS) is 10.4. The van der Waals surface area contributed by atoms with Crippen LogP contribution in [0.4, 0.5) is 5.69 Å². The van der Waals surface area contributed by atoms with Gasteiger partial charge < -0.3 is 11.1 Å². The van der Waals surface area contributed by atoms with Crippen LogP contribution < -0.4 is 11.1 Å². The second kappa shape index (κ2) is 5.89. The zero-order chi connectivity index (χ0) is 13.8. The van der Waals surface area contributed by atoms with E-state index in [-0.39, 0.29) is 5.91 Å². The predicted molar refractivity (Wildman–Crippen MR) is 80.2 cm³/mol. The topological polar surface area (TPSA) is 55.1 Å². The molecule has 0 saturated heterocycles. The first-order chi connectivity index (χ1) is 9.04. The molecule has 0 aliphatic heterocycles. The van der Waals surface area contributed by atoms with Gasteiger partial charge >= 0.3 is 0 Å². The Balaban J connectivity index is 1.86. The standard InChI is InChI=1S/C15H18N2OS/c1-10-7-14(19-11(10)2)9-17-15(18)8-12-3-5-13(16)6-4-12/h3-7H,8-9,16H2,1-2H3,(H,17,18). The summed E-state index contributed by atoms with van der Waals surface area (Å²) in [6.45, 7) is 4.79. The highest BCUT2D eigenvalue weighted by atomic mass is 32.1. The largest absolute Gasteiger partial charge is 0.399 e. The molecule has 3 N–H and O–H groups in total. The summed E-state index contributed by atoms with van der Waals surface area (Å²) in [6.07, 6.45) is 0.392. The lowest BCUT2D eigenvalue weighted by Crippen LogP contribution is -2.24. The van der Waals surface area contributed by atoms with Gasteiger partial charge in [0.25, 0.3) is 0 Å². The molecule has 0 saturated carbocycles. The third kappa shape index (κ3) is 3.83. The highest BCUT2D eigenvalue weighted by Crippen LogP contribution is 2.20. The van der Waals surface area contributed by atoms with Gasteiger partial charge in [-0.2, -0.15) is 0 Å². The van der Waals surface area contributed by atoms with E-state index in [1.54, 1.807) is 11.3 Å². The summed E-state index contributed by atoms with van der Waals surface area (Å²) >= 11 is 1.73. The molecule has 1 amide bonds. The van der Waals surface area contributed by atoms with Crippen LogP contribution in [-0.4, -0.2) is 5.91 Å². The average Bonchev–Trinajstić information content (AvgIpc) is 2.69. The summed E-state index contributed by atoms with van der Waals surface area (Å²) in [4.78, 5) is 14.3. The Bertz CT molecular complexity index is 553. The minimum atomic E-state index is 0.0356. The molecule has 1 aromatic carbocycles. The number of nitrogens with two attached hydrogens (primary N) is 1. The van der Waals surface area contributed by atoms with Gasteiger partial charge in [0.2, 0.25) is 5.91 Å². The van der Waals surface area contributed by atoms with E-state index in [1.807, 2.05) is 24.3 Å². The molecule has 3 nitrogen and oxygen atoms in total. The van der Waals surface area contributed by atoms with Crippen LogP contribution in [0.2, 0.25) is 0 Å². The Morgan fingerprint density at radius 2 is 1.95 bits per heavy atom. The predicted octanol–water partition coefficient (Wildman–Crippen LogP) is 2.81. The Labute approximate surface area is 117 Å². The second-order valence-corrected chi connectivity index (χ2v) is 5.99. The summed E-state index contributed by atoms with van der Waals surface area (Å²) in [5.41, 5.74) is 8.59. The van der Waals surface area contributed by atoms with E-state index in [0.29, 0.717) is 18.7 Å². The van der Waals surface area contributed by atoms with Crippen molar-refractivity contribution >= 4 is 22.9 Å². The minimum absolute atomic E-state index is 0.0356. The molecule has 0 unspecified atom stereocenters. The van der Waals surface area contributed by atoms with Crippen LogP contribution in [0.5, 0.6) is 0 Å². The summed E-state index contributed by atoms with van der Waals surface area (Å²) < 4.78 is 0. The van der Waals surface area contributed by atoms with Gasteiger partial charge in [0.05, 0.1) is 13.0 Å². The van der Waals surface area contributed by atoms with Gasteiger partial charge in [-0.15, -0.1) is 11.3 Å². The van der Waals surface area contributed by atoms with Gasteiger partial charge in [0.1, 0.15) is 0 Å². The number of benzene rings is 1. The maximum Gasteiger partial charge on any atom is 0.224 e. The first-order valence-corrected chi connectivity index (χ1v) is 7.03. The third-order valence-electron chi connectivity index (χ3n) is 3.02. The zero-order valence-electron chi connectivity index (χ0n) is 11.2. The molecule has 1 heterocycles. The maximum absolute atomic E-state index is 11.8. The molecule has 4 heteroatoms. The molecule has 2 aromatic rings. The van der Waals surface area contributed by atoms with Gasteiger partial charge in [0, 0.05) is 15.4 Å². The first-order valence-electron chi connectivity index (χ1n) is 6.21. The van der Waals surface area contributed by atoms with Crippen LogP contribution in [0.25, 0.3) is 0 Å². The number of rotatable bonds is 4. The number of amides is 1. The summed E-state index contributed by atoms with van der Waals surface area (Å²) in [6, 6.07) is 9.52. The molecule has 2 rings (SSSR count). The molecule has 1 aromatic heterocycles. The van der Waals surface area contributed by atoms with Gasteiger partial charge in [-0.05, 0) is 43.2 Å². The Hall–Kier alpha value is -1.81. The number of nitrogen functional groups attached to an aromatic ring is 1. The zero-order valence-corrected chi connectivity index (χ0v) is 12.0. The van der Waals surface area contributed by atoms with Crippen molar-refractivity contribution < 1.29 is 4.79 Å². The van der Waals surface area contributed by atoms with Crippen LogP contribution in [0.1, 0.15) is 20.9 Å². The molecule has 0 spiro atoms.